The molecule has 0 amide bonds. The lowest BCUT2D eigenvalue weighted by molar-refractivity contribution is 0.827. The van der Waals surface area contributed by atoms with Crippen molar-refractivity contribution in [3.8, 4) is 5.82 Å². The number of aromatic nitrogens is 4. The monoisotopic (exact) mass is 188 g/mol. The van der Waals surface area contributed by atoms with Gasteiger partial charge in [0, 0.05) is 6.20 Å². The Labute approximate surface area is 82.6 Å². The van der Waals surface area contributed by atoms with Gasteiger partial charge in [-0.25, -0.2) is 9.67 Å². The lowest BCUT2D eigenvalue weighted by Crippen LogP contribution is -2.00. The van der Waals surface area contributed by atoms with Gasteiger partial charge in [-0.1, -0.05) is 6.92 Å². The molecule has 14 heavy (non-hydrogen) atoms. The molecule has 4 nitrogen and oxygen atoms in total. The SMILES string of the molecule is CCc1cnc(-n2cc(C)cn2)cn1. The zero-order valence-corrected chi connectivity index (χ0v) is 8.31. The first-order chi connectivity index (χ1) is 6.79. The van der Waals surface area contributed by atoms with Crippen molar-refractivity contribution in [1.29, 1.82) is 0 Å². The van der Waals surface area contributed by atoms with Crippen LogP contribution in [0.2, 0.25) is 0 Å². The molecule has 2 aromatic heterocycles. The molecule has 0 aliphatic rings. The second-order valence-electron chi connectivity index (χ2n) is 3.18. The van der Waals surface area contributed by atoms with Crippen LogP contribution in [-0.2, 0) is 6.42 Å². The smallest absolute Gasteiger partial charge is 0.171 e. The number of aryl methyl sites for hydroxylation is 2. The van der Waals surface area contributed by atoms with Gasteiger partial charge in [-0.05, 0) is 18.9 Å². The highest BCUT2D eigenvalue weighted by Gasteiger charge is 1.99. The van der Waals surface area contributed by atoms with Crippen molar-refractivity contribution in [3.05, 3.63) is 36.0 Å². The van der Waals surface area contributed by atoms with E-state index >= 15 is 0 Å². The summed E-state index contributed by atoms with van der Waals surface area (Å²) in [6, 6.07) is 0. The molecule has 0 radical (unpaired) electrons. The van der Waals surface area contributed by atoms with Gasteiger partial charge in [0.15, 0.2) is 5.82 Å². The van der Waals surface area contributed by atoms with Gasteiger partial charge in [0.2, 0.25) is 0 Å². The van der Waals surface area contributed by atoms with Crippen LogP contribution in [0.3, 0.4) is 0 Å². The van der Waals surface area contributed by atoms with Crippen LogP contribution in [0.15, 0.2) is 24.8 Å². The molecule has 0 bridgehead atoms. The van der Waals surface area contributed by atoms with Crippen LogP contribution in [0.1, 0.15) is 18.2 Å². The summed E-state index contributed by atoms with van der Waals surface area (Å²) in [5, 5.41) is 4.16. The van der Waals surface area contributed by atoms with Crippen LogP contribution < -0.4 is 0 Å². The number of nitrogens with zero attached hydrogens (tertiary/aromatic N) is 4. The van der Waals surface area contributed by atoms with E-state index in [9.17, 15) is 0 Å². The predicted molar refractivity (Wildman–Crippen MR) is 53.3 cm³/mol. The average molecular weight is 188 g/mol. The zero-order valence-electron chi connectivity index (χ0n) is 8.31. The second-order valence-corrected chi connectivity index (χ2v) is 3.18. The third kappa shape index (κ3) is 1.64. The van der Waals surface area contributed by atoms with Gasteiger partial charge in [-0.2, -0.15) is 5.10 Å². The number of rotatable bonds is 2. The molecule has 2 heterocycles. The maximum Gasteiger partial charge on any atom is 0.171 e. The first-order valence-electron chi connectivity index (χ1n) is 4.62. The molecule has 0 saturated carbocycles. The Balaban J connectivity index is 2.33. The first kappa shape index (κ1) is 8.87. The Kier molecular flexibility index (Phi) is 2.26. The average Bonchev–Trinajstić information content (AvgIpc) is 2.65. The molecule has 0 N–H and O–H groups in total. The molecule has 0 spiro atoms. The van der Waals surface area contributed by atoms with Gasteiger partial charge in [0.05, 0.1) is 24.3 Å². The second kappa shape index (κ2) is 3.57. The maximum absolute atomic E-state index is 4.27. The highest BCUT2D eigenvalue weighted by atomic mass is 15.3. The lowest BCUT2D eigenvalue weighted by atomic mass is 10.3. The van der Waals surface area contributed by atoms with Gasteiger partial charge in [-0.3, -0.25) is 4.98 Å². The molecule has 0 aliphatic heterocycles. The van der Waals surface area contributed by atoms with Gasteiger partial charge in [0.1, 0.15) is 0 Å². The number of hydrogen-bond acceptors (Lipinski definition) is 3. The minimum atomic E-state index is 0.760. The van der Waals surface area contributed by atoms with Crippen LogP contribution in [0, 0.1) is 6.92 Å². The molecule has 0 unspecified atom stereocenters. The van der Waals surface area contributed by atoms with E-state index in [4.69, 9.17) is 0 Å². The summed E-state index contributed by atoms with van der Waals surface area (Å²) in [6.07, 6.45) is 8.16. The molecule has 0 aromatic carbocycles. The molecule has 0 aliphatic carbocycles. The van der Waals surface area contributed by atoms with E-state index in [0.29, 0.717) is 0 Å². The summed E-state index contributed by atoms with van der Waals surface area (Å²) < 4.78 is 1.72. The summed E-state index contributed by atoms with van der Waals surface area (Å²) in [5.74, 6) is 0.760. The summed E-state index contributed by atoms with van der Waals surface area (Å²) >= 11 is 0. The minimum absolute atomic E-state index is 0.760. The normalized spacial score (nSPS) is 10.4. The lowest BCUT2D eigenvalue weighted by Gasteiger charge is -1.99. The van der Waals surface area contributed by atoms with Crippen molar-refractivity contribution in [2.24, 2.45) is 0 Å². The molecule has 2 rings (SSSR count). The van der Waals surface area contributed by atoms with Crippen molar-refractivity contribution in [2.75, 3.05) is 0 Å². The zero-order chi connectivity index (χ0) is 9.97. The summed E-state index contributed by atoms with van der Waals surface area (Å²) in [7, 11) is 0. The summed E-state index contributed by atoms with van der Waals surface area (Å²) in [5.41, 5.74) is 2.11. The van der Waals surface area contributed by atoms with Crippen molar-refractivity contribution in [2.45, 2.75) is 20.3 Å². The third-order valence-corrected chi connectivity index (χ3v) is 2.00. The Hall–Kier alpha value is -1.71. The van der Waals surface area contributed by atoms with Crippen LogP contribution in [0.25, 0.3) is 5.82 Å². The molecule has 0 atom stereocenters. The van der Waals surface area contributed by atoms with Crippen molar-refractivity contribution < 1.29 is 0 Å². The molecule has 4 heteroatoms. The van der Waals surface area contributed by atoms with E-state index in [2.05, 4.69) is 22.0 Å². The fourth-order valence-electron chi connectivity index (χ4n) is 1.19. The van der Waals surface area contributed by atoms with E-state index in [1.54, 1.807) is 23.3 Å². The van der Waals surface area contributed by atoms with Crippen molar-refractivity contribution >= 4 is 0 Å². The molecule has 2 aromatic rings. The van der Waals surface area contributed by atoms with Crippen LogP contribution in [-0.4, -0.2) is 19.7 Å². The van der Waals surface area contributed by atoms with Gasteiger partial charge in [-0.15, -0.1) is 0 Å². The standard InChI is InChI=1S/C10H12N4/c1-3-9-5-12-10(6-11-9)14-7-8(2)4-13-14/h4-7H,3H2,1-2H3. The summed E-state index contributed by atoms with van der Waals surface area (Å²) in [6.45, 7) is 4.05. The van der Waals surface area contributed by atoms with E-state index in [-0.39, 0.29) is 0 Å². The Bertz CT molecular complexity index is 416. The third-order valence-electron chi connectivity index (χ3n) is 2.00. The summed E-state index contributed by atoms with van der Waals surface area (Å²) in [4.78, 5) is 8.53. The molecular weight excluding hydrogens is 176 g/mol. The molecule has 0 saturated heterocycles. The fraction of sp³-hybridized carbons (Fsp3) is 0.300. The van der Waals surface area contributed by atoms with Crippen LogP contribution >= 0.6 is 0 Å². The highest BCUT2D eigenvalue weighted by molar-refractivity contribution is 5.19. The van der Waals surface area contributed by atoms with Gasteiger partial charge in [0.25, 0.3) is 0 Å². The van der Waals surface area contributed by atoms with E-state index in [0.717, 1.165) is 23.5 Å². The highest BCUT2D eigenvalue weighted by Crippen LogP contribution is 2.03. The fourth-order valence-corrected chi connectivity index (χ4v) is 1.19. The maximum atomic E-state index is 4.27. The molecule has 72 valence electrons. The van der Waals surface area contributed by atoms with Crippen molar-refractivity contribution in [3.63, 3.8) is 0 Å². The number of hydrogen-bond donors (Lipinski definition) is 0. The van der Waals surface area contributed by atoms with E-state index < -0.39 is 0 Å². The van der Waals surface area contributed by atoms with E-state index in [1.165, 1.54) is 0 Å². The Morgan fingerprint density at radius 2 is 2.07 bits per heavy atom. The van der Waals surface area contributed by atoms with Crippen molar-refractivity contribution in [1.82, 2.24) is 19.7 Å². The predicted octanol–water partition coefficient (Wildman–Crippen LogP) is 1.53. The topological polar surface area (TPSA) is 43.6 Å². The largest absolute Gasteiger partial charge is 0.256 e. The van der Waals surface area contributed by atoms with Crippen LogP contribution in [0.5, 0.6) is 0 Å². The molecule has 0 fully saturated rings. The van der Waals surface area contributed by atoms with E-state index in [1.807, 2.05) is 13.1 Å². The van der Waals surface area contributed by atoms with Gasteiger partial charge >= 0.3 is 0 Å². The van der Waals surface area contributed by atoms with Gasteiger partial charge < -0.3 is 0 Å². The van der Waals surface area contributed by atoms with Crippen LogP contribution in [0.4, 0.5) is 0 Å². The molecular formula is C10H12N4. The Morgan fingerprint density at radius 1 is 1.21 bits per heavy atom. The first-order valence-corrected chi connectivity index (χ1v) is 4.62. The Morgan fingerprint density at radius 3 is 2.57 bits per heavy atom. The quantitative estimate of drug-likeness (QED) is 0.717. The minimum Gasteiger partial charge on any atom is -0.256 e.